The van der Waals surface area contributed by atoms with E-state index in [-0.39, 0.29) is 23.3 Å². The van der Waals surface area contributed by atoms with E-state index in [1.807, 2.05) is 31.2 Å². The highest BCUT2D eigenvalue weighted by Gasteiger charge is 2.25. The van der Waals surface area contributed by atoms with Crippen LogP contribution in [0.3, 0.4) is 0 Å². The number of aromatic nitrogens is 1. The number of primary amides is 1. The maximum Gasteiger partial charge on any atom is 0.251 e. The Morgan fingerprint density at radius 2 is 1.96 bits per heavy atom. The highest BCUT2D eigenvalue weighted by atomic mass is 16.2. The third-order valence-corrected chi connectivity index (χ3v) is 4.94. The molecule has 1 aliphatic heterocycles. The number of carbonyl (C=O) groups is 2. The first-order valence-corrected chi connectivity index (χ1v) is 8.63. The average molecular weight is 341 g/mol. The SMILES string of the molecule is Cc1ccc2cc(CCC(=O)N3CCC(C(N)=O)CC3)c(=O)[nH]c2c1. The molecule has 132 valence electrons. The Morgan fingerprint density at radius 3 is 2.64 bits per heavy atom. The van der Waals surface area contributed by atoms with Gasteiger partial charge in [-0.2, -0.15) is 0 Å². The van der Waals surface area contributed by atoms with Crippen LogP contribution in [0.1, 0.15) is 30.4 Å². The normalized spacial score (nSPS) is 15.5. The van der Waals surface area contributed by atoms with Crippen molar-refractivity contribution in [3.05, 3.63) is 45.7 Å². The molecule has 6 nitrogen and oxygen atoms in total. The summed E-state index contributed by atoms with van der Waals surface area (Å²) in [5, 5.41) is 0.968. The van der Waals surface area contributed by atoms with E-state index in [1.54, 1.807) is 4.90 Å². The van der Waals surface area contributed by atoms with E-state index in [2.05, 4.69) is 4.98 Å². The largest absolute Gasteiger partial charge is 0.369 e. The minimum absolute atomic E-state index is 0.0197. The summed E-state index contributed by atoms with van der Waals surface area (Å²) in [4.78, 5) is 40.4. The average Bonchev–Trinajstić information content (AvgIpc) is 2.59. The predicted molar refractivity (Wildman–Crippen MR) is 96.1 cm³/mol. The van der Waals surface area contributed by atoms with Crippen molar-refractivity contribution < 1.29 is 9.59 Å². The van der Waals surface area contributed by atoms with Gasteiger partial charge in [0.05, 0.1) is 0 Å². The third kappa shape index (κ3) is 3.90. The fraction of sp³-hybridized carbons (Fsp3) is 0.421. The minimum atomic E-state index is -0.287. The van der Waals surface area contributed by atoms with Gasteiger partial charge in [0.25, 0.3) is 5.56 Å². The lowest BCUT2D eigenvalue weighted by Gasteiger charge is -2.30. The zero-order chi connectivity index (χ0) is 18.0. The monoisotopic (exact) mass is 341 g/mol. The standard InChI is InChI=1S/C19H23N3O3/c1-12-2-3-14-11-15(19(25)21-16(14)10-12)4-5-17(23)22-8-6-13(7-9-22)18(20)24/h2-3,10-11,13H,4-9H2,1H3,(H2,20,24)(H,21,25). The molecule has 1 aromatic carbocycles. The van der Waals surface area contributed by atoms with E-state index in [0.29, 0.717) is 44.3 Å². The van der Waals surface area contributed by atoms with Crippen molar-refractivity contribution in [3.8, 4) is 0 Å². The number of piperidine rings is 1. The van der Waals surface area contributed by atoms with Crippen LogP contribution in [0.4, 0.5) is 0 Å². The molecule has 1 saturated heterocycles. The molecule has 1 aliphatic rings. The number of H-pyrrole nitrogens is 1. The molecule has 0 aliphatic carbocycles. The van der Waals surface area contributed by atoms with Crippen LogP contribution in [0.2, 0.25) is 0 Å². The van der Waals surface area contributed by atoms with Crippen LogP contribution in [0.15, 0.2) is 29.1 Å². The quantitative estimate of drug-likeness (QED) is 0.882. The molecule has 6 heteroatoms. The van der Waals surface area contributed by atoms with Crippen LogP contribution in [0, 0.1) is 12.8 Å². The number of benzene rings is 1. The Balaban J connectivity index is 1.63. The maximum absolute atomic E-state index is 12.4. The summed E-state index contributed by atoms with van der Waals surface area (Å²) in [5.41, 5.74) is 7.70. The Kier molecular flexibility index (Phi) is 4.88. The molecule has 0 bridgehead atoms. The molecule has 0 saturated carbocycles. The number of aryl methyl sites for hydroxylation is 2. The van der Waals surface area contributed by atoms with E-state index in [9.17, 15) is 14.4 Å². The zero-order valence-electron chi connectivity index (χ0n) is 14.4. The van der Waals surface area contributed by atoms with Gasteiger partial charge in [-0.05, 0) is 49.3 Å². The van der Waals surface area contributed by atoms with Gasteiger partial charge in [-0.25, -0.2) is 0 Å². The number of amides is 2. The number of fused-ring (bicyclic) bond motifs is 1. The first kappa shape index (κ1) is 17.2. The summed E-state index contributed by atoms with van der Waals surface area (Å²) in [6.45, 7) is 3.09. The van der Waals surface area contributed by atoms with Crippen LogP contribution in [0.5, 0.6) is 0 Å². The lowest BCUT2D eigenvalue weighted by molar-refractivity contribution is -0.134. The van der Waals surface area contributed by atoms with Crippen molar-refractivity contribution in [2.75, 3.05) is 13.1 Å². The molecule has 3 N–H and O–H groups in total. The van der Waals surface area contributed by atoms with Crippen LogP contribution in [-0.4, -0.2) is 34.8 Å². The van der Waals surface area contributed by atoms with E-state index < -0.39 is 0 Å². The van der Waals surface area contributed by atoms with E-state index in [1.165, 1.54) is 0 Å². The summed E-state index contributed by atoms with van der Waals surface area (Å²) in [6, 6.07) is 7.77. The molecule has 0 spiro atoms. The number of pyridine rings is 1. The number of nitrogens with zero attached hydrogens (tertiary/aromatic N) is 1. The van der Waals surface area contributed by atoms with Gasteiger partial charge in [0.1, 0.15) is 0 Å². The first-order valence-electron chi connectivity index (χ1n) is 8.63. The Labute approximate surface area is 146 Å². The smallest absolute Gasteiger partial charge is 0.251 e. The second kappa shape index (κ2) is 7.09. The van der Waals surface area contributed by atoms with Gasteiger partial charge in [0, 0.05) is 36.5 Å². The van der Waals surface area contributed by atoms with Gasteiger partial charge in [-0.3, -0.25) is 14.4 Å². The highest BCUT2D eigenvalue weighted by molar-refractivity contribution is 5.81. The number of likely N-dealkylation sites (tertiary alicyclic amines) is 1. The van der Waals surface area contributed by atoms with Gasteiger partial charge < -0.3 is 15.6 Å². The molecule has 1 aromatic heterocycles. The number of aromatic amines is 1. The van der Waals surface area contributed by atoms with Crippen LogP contribution in [-0.2, 0) is 16.0 Å². The first-order chi connectivity index (χ1) is 11.9. The lowest BCUT2D eigenvalue weighted by atomic mass is 9.96. The lowest BCUT2D eigenvalue weighted by Crippen LogP contribution is -2.41. The summed E-state index contributed by atoms with van der Waals surface area (Å²) in [7, 11) is 0. The summed E-state index contributed by atoms with van der Waals surface area (Å²) < 4.78 is 0. The zero-order valence-corrected chi connectivity index (χ0v) is 14.4. The van der Waals surface area contributed by atoms with Gasteiger partial charge in [-0.15, -0.1) is 0 Å². The fourth-order valence-corrected chi connectivity index (χ4v) is 3.36. The van der Waals surface area contributed by atoms with Crippen molar-refractivity contribution in [3.63, 3.8) is 0 Å². The van der Waals surface area contributed by atoms with Crippen molar-refractivity contribution in [1.29, 1.82) is 0 Å². The predicted octanol–water partition coefficient (Wildman–Crippen LogP) is 1.49. The number of carbonyl (C=O) groups excluding carboxylic acids is 2. The molecule has 0 unspecified atom stereocenters. The van der Waals surface area contributed by atoms with E-state index in [0.717, 1.165) is 16.5 Å². The van der Waals surface area contributed by atoms with E-state index in [4.69, 9.17) is 5.73 Å². The van der Waals surface area contributed by atoms with Crippen LogP contribution < -0.4 is 11.3 Å². The molecule has 3 rings (SSSR count). The Morgan fingerprint density at radius 1 is 1.24 bits per heavy atom. The molecular formula is C19H23N3O3. The van der Waals surface area contributed by atoms with Crippen molar-refractivity contribution in [2.24, 2.45) is 11.7 Å². The second-order valence-corrected chi connectivity index (χ2v) is 6.77. The molecule has 2 amide bonds. The minimum Gasteiger partial charge on any atom is -0.369 e. The van der Waals surface area contributed by atoms with Crippen molar-refractivity contribution >= 4 is 22.7 Å². The van der Waals surface area contributed by atoms with Crippen LogP contribution in [0.25, 0.3) is 10.9 Å². The number of hydrogen-bond donors (Lipinski definition) is 2. The molecule has 0 atom stereocenters. The number of nitrogens with two attached hydrogens (primary N) is 1. The fourth-order valence-electron chi connectivity index (χ4n) is 3.36. The number of nitrogens with one attached hydrogen (secondary N) is 1. The Bertz CT molecular complexity index is 864. The topological polar surface area (TPSA) is 96.3 Å². The molecule has 25 heavy (non-hydrogen) atoms. The molecule has 1 fully saturated rings. The third-order valence-electron chi connectivity index (χ3n) is 4.94. The molecule has 2 heterocycles. The summed E-state index contributed by atoms with van der Waals surface area (Å²) in [5.74, 6) is -0.396. The van der Waals surface area contributed by atoms with Crippen molar-refractivity contribution in [1.82, 2.24) is 9.88 Å². The van der Waals surface area contributed by atoms with Gasteiger partial charge >= 0.3 is 0 Å². The van der Waals surface area contributed by atoms with Gasteiger partial charge in [0.2, 0.25) is 11.8 Å². The molecule has 0 radical (unpaired) electrons. The second-order valence-electron chi connectivity index (χ2n) is 6.77. The summed E-state index contributed by atoms with van der Waals surface area (Å²) in [6.07, 6.45) is 1.95. The van der Waals surface area contributed by atoms with Gasteiger partial charge in [-0.1, -0.05) is 12.1 Å². The van der Waals surface area contributed by atoms with Crippen molar-refractivity contribution in [2.45, 2.75) is 32.6 Å². The summed E-state index contributed by atoms with van der Waals surface area (Å²) >= 11 is 0. The molecular weight excluding hydrogens is 318 g/mol. The van der Waals surface area contributed by atoms with Crippen LogP contribution >= 0.6 is 0 Å². The Hall–Kier alpha value is -2.63. The highest BCUT2D eigenvalue weighted by Crippen LogP contribution is 2.18. The number of hydrogen-bond acceptors (Lipinski definition) is 3. The number of rotatable bonds is 4. The molecule has 2 aromatic rings. The van der Waals surface area contributed by atoms with E-state index >= 15 is 0 Å². The van der Waals surface area contributed by atoms with Gasteiger partial charge in [0.15, 0.2) is 0 Å². The maximum atomic E-state index is 12.4.